The SMILES string of the molecule is Cc1cc(/C=N\NC(=O)c2ccc(C#N)cc2F)c(C)n1-c1ccc(N(C)C)cc1. The van der Waals surface area contributed by atoms with E-state index in [4.69, 9.17) is 5.26 Å². The minimum Gasteiger partial charge on any atom is -0.378 e. The molecule has 0 fully saturated rings. The van der Waals surface area contributed by atoms with Crippen LogP contribution in [0.25, 0.3) is 5.69 Å². The highest BCUT2D eigenvalue weighted by Crippen LogP contribution is 2.22. The first-order valence-corrected chi connectivity index (χ1v) is 9.31. The molecule has 1 N–H and O–H groups in total. The zero-order chi connectivity index (χ0) is 21.8. The monoisotopic (exact) mass is 403 g/mol. The molecule has 1 aromatic heterocycles. The summed E-state index contributed by atoms with van der Waals surface area (Å²) >= 11 is 0. The smallest absolute Gasteiger partial charge is 0.274 e. The van der Waals surface area contributed by atoms with Gasteiger partial charge in [0.05, 0.1) is 23.4 Å². The molecule has 0 saturated carbocycles. The van der Waals surface area contributed by atoms with E-state index in [9.17, 15) is 9.18 Å². The normalized spacial score (nSPS) is 10.8. The number of nitrogens with one attached hydrogen (secondary N) is 1. The Morgan fingerprint density at radius 3 is 2.47 bits per heavy atom. The molecule has 0 aliphatic rings. The van der Waals surface area contributed by atoms with Gasteiger partial charge in [-0.05, 0) is 62.4 Å². The summed E-state index contributed by atoms with van der Waals surface area (Å²) < 4.78 is 16.1. The van der Waals surface area contributed by atoms with Crippen LogP contribution in [0.2, 0.25) is 0 Å². The predicted molar refractivity (Wildman–Crippen MR) is 116 cm³/mol. The number of nitrogens with zero attached hydrogens (tertiary/aromatic N) is 4. The number of aromatic nitrogens is 1. The zero-order valence-corrected chi connectivity index (χ0v) is 17.3. The van der Waals surface area contributed by atoms with Crippen LogP contribution in [-0.2, 0) is 0 Å². The number of carbonyl (C=O) groups excluding carboxylic acids is 1. The molecule has 0 bridgehead atoms. The van der Waals surface area contributed by atoms with Crippen molar-refractivity contribution in [2.75, 3.05) is 19.0 Å². The summed E-state index contributed by atoms with van der Waals surface area (Å²) in [6, 6.07) is 15.7. The van der Waals surface area contributed by atoms with Gasteiger partial charge in [-0.3, -0.25) is 4.79 Å². The second-order valence-corrected chi connectivity index (χ2v) is 7.08. The van der Waals surface area contributed by atoms with Gasteiger partial charge in [0.2, 0.25) is 0 Å². The number of halogens is 1. The van der Waals surface area contributed by atoms with Gasteiger partial charge >= 0.3 is 0 Å². The van der Waals surface area contributed by atoms with Crippen LogP contribution in [0.3, 0.4) is 0 Å². The lowest BCUT2D eigenvalue weighted by molar-refractivity contribution is 0.0951. The van der Waals surface area contributed by atoms with Crippen molar-refractivity contribution < 1.29 is 9.18 Å². The van der Waals surface area contributed by atoms with Gasteiger partial charge in [-0.2, -0.15) is 10.4 Å². The lowest BCUT2D eigenvalue weighted by Gasteiger charge is -2.14. The number of nitriles is 1. The molecule has 1 amide bonds. The second kappa shape index (κ2) is 8.62. The number of benzene rings is 2. The summed E-state index contributed by atoms with van der Waals surface area (Å²) in [7, 11) is 3.99. The number of amides is 1. The summed E-state index contributed by atoms with van der Waals surface area (Å²) in [4.78, 5) is 14.2. The molecule has 0 spiro atoms. The quantitative estimate of drug-likeness (QED) is 0.518. The number of hydrogen-bond acceptors (Lipinski definition) is 4. The van der Waals surface area contributed by atoms with Crippen LogP contribution in [0.5, 0.6) is 0 Å². The van der Waals surface area contributed by atoms with Gasteiger partial charge in [0, 0.05) is 42.4 Å². The maximum Gasteiger partial charge on any atom is 0.274 e. The Hall–Kier alpha value is -3.92. The number of hydrogen-bond donors (Lipinski definition) is 1. The molecule has 0 radical (unpaired) electrons. The first kappa shape index (κ1) is 20.8. The minimum atomic E-state index is -0.763. The highest BCUT2D eigenvalue weighted by atomic mass is 19.1. The van der Waals surface area contributed by atoms with E-state index in [0.29, 0.717) is 0 Å². The van der Waals surface area contributed by atoms with E-state index in [2.05, 4.69) is 15.1 Å². The molecule has 0 aliphatic heterocycles. The van der Waals surface area contributed by atoms with E-state index in [1.54, 1.807) is 0 Å². The fourth-order valence-electron chi connectivity index (χ4n) is 3.20. The maximum atomic E-state index is 14.0. The molecular weight excluding hydrogens is 381 g/mol. The summed E-state index contributed by atoms with van der Waals surface area (Å²) in [5, 5.41) is 12.8. The van der Waals surface area contributed by atoms with Gasteiger partial charge in [-0.1, -0.05) is 0 Å². The van der Waals surface area contributed by atoms with E-state index in [-0.39, 0.29) is 11.1 Å². The van der Waals surface area contributed by atoms with E-state index in [1.807, 2.05) is 69.2 Å². The maximum absolute atomic E-state index is 14.0. The highest BCUT2D eigenvalue weighted by molar-refractivity contribution is 5.95. The molecule has 3 aromatic rings. The molecule has 30 heavy (non-hydrogen) atoms. The predicted octanol–water partition coefficient (Wildman–Crippen LogP) is 3.93. The summed E-state index contributed by atoms with van der Waals surface area (Å²) in [6.07, 6.45) is 1.53. The summed E-state index contributed by atoms with van der Waals surface area (Å²) in [5.41, 5.74) is 7.28. The topological polar surface area (TPSA) is 73.4 Å². The third-order valence-electron chi connectivity index (χ3n) is 4.81. The van der Waals surface area contributed by atoms with Crippen molar-refractivity contribution in [1.82, 2.24) is 9.99 Å². The Bertz CT molecular complexity index is 1150. The van der Waals surface area contributed by atoms with E-state index in [1.165, 1.54) is 18.3 Å². The average Bonchev–Trinajstić information content (AvgIpc) is 3.01. The fourth-order valence-corrected chi connectivity index (χ4v) is 3.20. The van der Waals surface area contributed by atoms with Gasteiger partial charge in [0.15, 0.2) is 0 Å². The molecule has 6 nitrogen and oxygen atoms in total. The van der Waals surface area contributed by atoms with Crippen LogP contribution in [0.1, 0.15) is 32.9 Å². The number of carbonyl (C=O) groups is 1. The molecule has 0 atom stereocenters. The molecule has 1 heterocycles. The van der Waals surface area contributed by atoms with Gasteiger partial charge in [0.25, 0.3) is 5.91 Å². The van der Waals surface area contributed by atoms with E-state index < -0.39 is 11.7 Å². The van der Waals surface area contributed by atoms with Crippen LogP contribution >= 0.6 is 0 Å². The number of rotatable bonds is 5. The molecule has 0 unspecified atom stereocenters. The van der Waals surface area contributed by atoms with E-state index in [0.717, 1.165) is 34.4 Å². The van der Waals surface area contributed by atoms with Crippen molar-refractivity contribution in [3.63, 3.8) is 0 Å². The third-order valence-corrected chi connectivity index (χ3v) is 4.81. The van der Waals surface area contributed by atoms with Crippen molar-refractivity contribution in [2.45, 2.75) is 13.8 Å². The van der Waals surface area contributed by atoms with Crippen LogP contribution in [-0.4, -0.2) is 30.8 Å². The van der Waals surface area contributed by atoms with Gasteiger partial charge < -0.3 is 9.47 Å². The molecule has 0 saturated heterocycles. The Balaban J connectivity index is 1.78. The van der Waals surface area contributed by atoms with Gasteiger partial charge in [-0.15, -0.1) is 0 Å². The molecule has 0 aliphatic carbocycles. The zero-order valence-electron chi connectivity index (χ0n) is 17.3. The first-order chi connectivity index (χ1) is 14.3. The van der Waals surface area contributed by atoms with Crippen molar-refractivity contribution in [3.05, 3.63) is 82.4 Å². The third kappa shape index (κ3) is 4.23. The second-order valence-electron chi connectivity index (χ2n) is 7.08. The lowest BCUT2D eigenvalue weighted by Crippen LogP contribution is -2.19. The molecular formula is C23H22FN5O. The molecule has 7 heteroatoms. The molecule has 2 aromatic carbocycles. The Morgan fingerprint density at radius 2 is 1.87 bits per heavy atom. The number of aryl methyl sites for hydroxylation is 1. The van der Waals surface area contributed by atoms with Crippen molar-refractivity contribution in [3.8, 4) is 11.8 Å². The first-order valence-electron chi connectivity index (χ1n) is 9.31. The van der Waals surface area contributed by atoms with Crippen molar-refractivity contribution in [2.24, 2.45) is 5.10 Å². The van der Waals surface area contributed by atoms with Crippen LogP contribution in [0.4, 0.5) is 10.1 Å². The minimum absolute atomic E-state index is 0.151. The summed E-state index contributed by atoms with van der Waals surface area (Å²) in [6.45, 7) is 3.96. The fraction of sp³-hybridized carbons (Fsp3) is 0.174. The molecule has 152 valence electrons. The summed E-state index contributed by atoms with van der Waals surface area (Å²) in [5.74, 6) is -1.44. The van der Waals surface area contributed by atoms with Gasteiger partial charge in [-0.25, -0.2) is 9.82 Å². The van der Waals surface area contributed by atoms with Crippen LogP contribution in [0.15, 0.2) is 53.6 Å². The average molecular weight is 403 g/mol. The Kier molecular flexibility index (Phi) is 5.98. The molecule has 3 rings (SSSR count). The number of hydrazone groups is 1. The van der Waals surface area contributed by atoms with Crippen molar-refractivity contribution in [1.29, 1.82) is 5.26 Å². The van der Waals surface area contributed by atoms with Gasteiger partial charge in [0.1, 0.15) is 5.82 Å². The van der Waals surface area contributed by atoms with E-state index >= 15 is 0 Å². The highest BCUT2D eigenvalue weighted by Gasteiger charge is 2.13. The van der Waals surface area contributed by atoms with Crippen molar-refractivity contribution >= 4 is 17.8 Å². The standard InChI is InChI=1S/C23H22FN5O/c1-15-11-18(16(2)29(15)20-8-6-19(7-9-20)28(3)4)14-26-27-23(30)21-10-5-17(13-25)12-22(21)24/h5-12,14H,1-4H3,(H,27,30)/b26-14-. The largest absolute Gasteiger partial charge is 0.378 e. The van der Waals surface area contributed by atoms with Crippen LogP contribution in [0, 0.1) is 31.0 Å². The number of anilines is 1. The van der Waals surface area contributed by atoms with Crippen LogP contribution < -0.4 is 10.3 Å². The lowest BCUT2D eigenvalue weighted by atomic mass is 10.1. The Labute approximate surface area is 174 Å². The Morgan fingerprint density at radius 1 is 1.17 bits per heavy atom.